The number of hydrogen-bond donors (Lipinski definition) is 1. The molecule has 21 heavy (non-hydrogen) atoms. The Morgan fingerprint density at radius 2 is 1.76 bits per heavy atom. The predicted octanol–water partition coefficient (Wildman–Crippen LogP) is 4.39. The summed E-state index contributed by atoms with van der Waals surface area (Å²) >= 11 is 6.32. The van der Waals surface area contributed by atoms with Gasteiger partial charge in [-0.2, -0.15) is 0 Å². The van der Waals surface area contributed by atoms with Crippen LogP contribution in [0.2, 0.25) is 5.02 Å². The van der Waals surface area contributed by atoms with Crippen LogP contribution in [0.1, 0.15) is 18.4 Å². The Balaban J connectivity index is 1.84. The van der Waals surface area contributed by atoms with Crippen LogP contribution in [0.4, 0.5) is 0 Å². The van der Waals surface area contributed by atoms with Crippen LogP contribution in [0.5, 0.6) is 17.2 Å². The molecule has 0 saturated heterocycles. The lowest BCUT2D eigenvalue weighted by molar-refractivity contribution is 0.377. The van der Waals surface area contributed by atoms with Gasteiger partial charge in [-0.15, -0.1) is 0 Å². The molecule has 2 aromatic rings. The van der Waals surface area contributed by atoms with Crippen LogP contribution in [0, 0.1) is 0 Å². The number of benzene rings is 2. The maximum atomic E-state index is 6.32. The molecule has 110 valence electrons. The number of hydrogen-bond acceptors (Lipinski definition) is 3. The third-order valence-electron chi connectivity index (χ3n) is 3.51. The average Bonchev–Trinajstić information content (AvgIpc) is 3.31. The summed E-state index contributed by atoms with van der Waals surface area (Å²) in [7, 11) is 1.63. The van der Waals surface area contributed by atoms with Crippen LogP contribution >= 0.6 is 11.6 Å². The van der Waals surface area contributed by atoms with Gasteiger partial charge < -0.3 is 14.8 Å². The lowest BCUT2D eigenvalue weighted by Gasteiger charge is -2.15. The third-order valence-corrected chi connectivity index (χ3v) is 3.86. The van der Waals surface area contributed by atoms with Crippen molar-refractivity contribution in [2.75, 3.05) is 7.11 Å². The zero-order valence-electron chi connectivity index (χ0n) is 11.9. The largest absolute Gasteiger partial charge is 0.493 e. The van der Waals surface area contributed by atoms with Gasteiger partial charge in [-0.1, -0.05) is 29.8 Å². The molecule has 0 spiro atoms. The van der Waals surface area contributed by atoms with Crippen LogP contribution in [0.25, 0.3) is 0 Å². The molecular weight excluding hydrogens is 286 g/mol. The third kappa shape index (κ3) is 3.49. The second-order valence-corrected chi connectivity index (χ2v) is 5.53. The average molecular weight is 304 g/mol. The summed E-state index contributed by atoms with van der Waals surface area (Å²) in [6.07, 6.45) is 2.49. The standard InChI is InChI=1S/C17H18ClNO2/c1-20-16-6-2-3-7-17(16)21-15-8-4-5-14(18)13(15)11-19-12-9-10-12/h2-8,12,19H,9-11H2,1H3. The van der Waals surface area contributed by atoms with Gasteiger partial charge in [0.15, 0.2) is 11.5 Å². The summed E-state index contributed by atoms with van der Waals surface area (Å²) in [5.41, 5.74) is 0.983. The fraction of sp³-hybridized carbons (Fsp3) is 0.294. The number of halogens is 1. The Morgan fingerprint density at radius 3 is 2.48 bits per heavy atom. The molecule has 0 aliphatic heterocycles. The summed E-state index contributed by atoms with van der Waals surface area (Å²) in [6, 6.07) is 13.9. The summed E-state index contributed by atoms with van der Waals surface area (Å²) in [5, 5.41) is 4.19. The van der Waals surface area contributed by atoms with Gasteiger partial charge in [0.05, 0.1) is 7.11 Å². The highest BCUT2D eigenvalue weighted by Crippen LogP contribution is 2.35. The Hall–Kier alpha value is -1.71. The van der Waals surface area contributed by atoms with Gasteiger partial charge in [0.1, 0.15) is 5.75 Å². The van der Waals surface area contributed by atoms with Crippen molar-refractivity contribution >= 4 is 11.6 Å². The van der Waals surface area contributed by atoms with Gasteiger partial charge in [0.25, 0.3) is 0 Å². The molecule has 0 bridgehead atoms. The fourth-order valence-electron chi connectivity index (χ4n) is 2.16. The van der Waals surface area contributed by atoms with Crippen molar-refractivity contribution in [3.8, 4) is 17.2 Å². The predicted molar refractivity (Wildman–Crippen MR) is 84.4 cm³/mol. The van der Waals surface area contributed by atoms with E-state index in [1.54, 1.807) is 7.11 Å². The summed E-state index contributed by atoms with van der Waals surface area (Å²) in [6.45, 7) is 0.717. The van der Waals surface area contributed by atoms with Crippen LogP contribution in [0.3, 0.4) is 0 Å². The van der Waals surface area contributed by atoms with Crippen LogP contribution in [-0.4, -0.2) is 13.2 Å². The highest BCUT2D eigenvalue weighted by molar-refractivity contribution is 6.31. The van der Waals surface area contributed by atoms with Crippen molar-refractivity contribution in [2.24, 2.45) is 0 Å². The van der Waals surface area contributed by atoms with E-state index in [0.717, 1.165) is 22.9 Å². The summed E-state index contributed by atoms with van der Waals surface area (Å²) in [5.74, 6) is 2.16. The van der Waals surface area contributed by atoms with Gasteiger partial charge in [-0.25, -0.2) is 0 Å². The molecule has 2 aromatic carbocycles. The maximum Gasteiger partial charge on any atom is 0.169 e. The molecular formula is C17H18ClNO2. The lowest BCUT2D eigenvalue weighted by atomic mass is 10.2. The molecule has 0 aromatic heterocycles. The summed E-state index contributed by atoms with van der Waals surface area (Å²) < 4.78 is 11.3. The first-order valence-corrected chi connectivity index (χ1v) is 7.47. The Bertz CT molecular complexity index is 626. The SMILES string of the molecule is COc1ccccc1Oc1cccc(Cl)c1CNC1CC1. The number of methoxy groups -OCH3 is 1. The van der Waals surface area contributed by atoms with Gasteiger partial charge in [-0.3, -0.25) is 0 Å². The normalized spacial score (nSPS) is 14.0. The van der Waals surface area contributed by atoms with Gasteiger partial charge in [0.2, 0.25) is 0 Å². The van der Waals surface area contributed by atoms with Crippen molar-refractivity contribution < 1.29 is 9.47 Å². The van der Waals surface area contributed by atoms with Gasteiger partial charge in [0, 0.05) is 23.2 Å². The lowest BCUT2D eigenvalue weighted by Crippen LogP contribution is -2.16. The molecule has 0 atom stereocenters. The first-order valence-electron chi connectivity index (χ1n) is 7.09. The monoisotopic (exact) mass is 303 g/mol. The van der Waals surface area contributed by atoms with E-state index in [0.29, 0.717) is 17.5 Å². The van der Waals surface area contributed by atoms with E-state index in [-0.39, 0.29) is 0 Å². The van der Waals surface area contributed by atoms with E-state index >= 15 is 0 Å². The Morgan fingerprint density at radius 1 is 1.05 bits per heavy atom. The quantitative estimate of drug-likeness (QED) is 0.858. The smallest absolute Gasteiger partial charge is 0.169 e. The molecule has 0 radical (unpaired) electrons. The van der Waals surface area contributed by atoms with Crippen LogP contribution < -0.4 is 14.8 Å². The fourth-order valence-corrected chi connectivity index (χ4v) is 2.39. The first kappa shape index (κ1) is 14.2. The zero-order valence-corrected chi connectivity index (χ0v) is 12.7. The van der Waals surface area contributed by atoms with Crippen molar-refractivity contribution in [2.45, 2.75) is 25.4 Å². The summed E-state index contributed by atoms with van der Waals surface area (Å²) in [4.78, 5) is 0. The molecule has 0 heterocycles. The number of para-hydroxylation sites is 2. The van der Waals surface area contributed by atoms with E-state index in [9.17, 15) is 0 Å². The van der Waals surface area contributed by atoms with Crippen molar-refractivity contribution in [3.05, 3.63) is 53.1 Å². The Labute approximate surface area is 129 Å². The van der Waals surface area contributed by atoms with Crippen molar-refractivity contribution in [1.29, 1.82) is 0 Å². The second-order valence-electron chi connectivity index (χ2n) is 5.12. The number of ether oxygens (including phenoxy) is 2. The zero-order chi connectivity index (χ0) is 14.7. The number of nitrogens with one attached hydrogen (secondary N) is 1. The van der Waals surface area contributed by atoms with E-state index in [1.807, 2.05) is 42.5 Å². The molecule has 3 nitrogen and oxygen atoms in total. The minimum atomic E-state index is 0.625. The van der Waals surface area contributed by atoms with Crippen molar-refractivity contribution in [1.82, 2.24) is 5.32 Å². The molecule has 1 aliphatic carbocycles. The van der Waals surface area contributed by atoms with Crippen LogP contribution in [0.15, 0.2) is 42.5 Å². The molecule has 1 aliphatic rings. The maximum absolute atomic E-state index is 6.32. The molecule has 1 N–H and O–H groups in total. The van der Waals surface area contributed by atoms with E-state index in [4.69, 9.17) is 21.1 Å². The molecule has 1 saturated carbocycles. The van der Waals surface area contributed by atoms with Crippen molar-refractivity contribution in [3.63, 3.8) is 0 Å². The number of rotatable bonds is 6. The topological polar surface area (TPSA) is 30.5 Å². The molecule has 3 rings (SSSR count). The first-order chi connectivity index (χ1) is 10.3. The molecule has 1 fully saturated rings. The van der Waals surface area contributed by atoms with Gasteiger partial charge >= 0.3 is 0 Å². The Kier molecular flexibility index (Phi) is 4.32. The highest BCUT2D eigenvalue weighted by atomic mass is 35.5. The highest BCUT2D eigenvalue weighted by Gasteiger charge is 2.21. The molecule has 4 heteroatoms. The molecule has 0 unspecified atom stereocenters. The second kappa shape index (κ2) is 6.37. The van der Waals surface area contributed by atoms with Gasteiger partial charge in [-0.05, 0) is 37.1 Å². The van der Waals surface area contributed by atoms with E-state index < -0.39 is 0 Å². The molecule has 0 amide bonds. The van der Waals surface area contributed by atoms with E-state index in [1.165, 1.54) is 12.8 Å². The van der Waals surface area contributed by atoms with E-state index in [2.05, 4.69) is 5.32 Å². The minimum Gasteiger partial charge on any atom is -0.493 e. The minimum absolute atomic E-state index is 0.625. The van der Waals surface area contributed by atoms with Crippen LogP contribution in [-0.2, 0) is 6.54 Å².